The lowest BCUT2D eigenvalue weighted by Gasteiger charge is -2.33. The number of benzene rings is 2. The molecule has 0 saturated carbocycles. The van der Waals surface area contributed by atoms with Crippen molar-refractivity contribution in [3.8, 4) is 0 Å². The third-order valence-electron chi connectivity index (χ3n) is 4.83. The molecule has 186 valence electrons. The maximum atomic E-state index is 14.4. The Morgan fingerprint density at radius 3 is 2.24 bits per heavy atom. The van der Waals surface area contributed by atoms with E-state index < -0.39 is 45.8 Å². The molecule has 0 aromatic heterocycles. The summed E-state index contributed by atoms with van der Waals surface area (Å²) < 4.78 is 40.3. The van der Waals surface area contributed by atoms with Crippen molar-refractivity contribution in [1.82, 2.24) is 10.2 Å². The van der Waals surface area contributed by atoms with Crippen molar-refractivity contribution < 1.29 is 22.4 Å². The van der Waals surface area contributed by atoms with E-state index in [9.17, 15) is 22.4 Å². The molecule has 2 amide bonds. The van der Waals surface area contributed by atoms with Crippen LogP contribution < -0.4 is 9.62 Å². The first kappa shape index (κ1) is 27.9. The summed E-state index contributed by atoms with van der Waals surface area (Å²) in [5.74, 6) is -1.71. The predicted molar refractivity (Wildman–Crippen MR) is 133 cm³/mol. The van der Waals surface area contributed by atoms with Crippen LogP contribution in [0.1, 0.15) is 33.3 Å². The summed E-state index contributed by atoms with van der Waals surface area (Å²) in [4.78, 5) is 27.4. The minimum absolute atomic E-state index is 0.112. The quantitative estimate of drug-likeness (QED) is 0.552. The molecule has 0 aliphatic rings. The molecule has 0 fully saturated rings. The first-order valence-corrected chi connectivity index (χ1v) is 13.0. The normalized spacial score (nSPS) is 12.7. The van der Waals surface area contributed by atoms with Crippen molar-refractivity contribution in [2.24, 2.45) is 0 Å². The van der Waals surface area contributed by atoms with Crippen molar-refractivity contribution in [3.63, 3.8) is 0 Å². The number of nitrogens with one attached hydrogen (secondary N) is 1. The van der Waals surface area contributed by atoms with Gasteiger partial charge in [0.05, 0.1) is 22.0 Å². The summed E-state index contributed by atoms with van der Waals surface area (Å²) in [6.45, 7) is 6.01. The lowest BCUT2D eigenvalue weighted by atomic mass is 10.1. The van der Waals surface area contributed by atoms with Crippen LogP contribution in [0.3, 0.4) is 0 Å². The minimum Gasteiger partial charge on any atom is -0.350 e. The van der Waals surface area contributed by atoms with Gasteiger partial charge < -0.3 is 10.2 Å². The van der Waals surface area contributed by atoms with Crippen LogP contribution in [0.2, 0.25) is 10.0 Å². The molecule has 11 heteroatoms. The van der Waals surface area contributed by atoms with Gasteiger partial charge in [0, 0.05) is 17.6 Å². The third kappa shape index (κ3) is 7.58. The lowest BCUT2D eigenvalue weighted by molar-refractivity contribution is -0.140. The second-order valence-corrected chi connectivity index (χ2v) is 11.6. The van der Waals surface area contributed by atoms with Gasteiger partial charge in [-0.1, -0.05) is 41.4 Å². The Morgan fingerprint density at radius 1 is 1.09 bits per heavy atom. The maximum Gasteiger partial charge on any atom is 0.244 e. The zero-order chi connectivity index (χ0) is 25.8. The average molecular weight is 532 g/mol. The Bertz CT molecular complexity index is 1170. The van der Waals surface area contributed by atoms with Gasteiger partial charge in [-0.15, -0.1) is 0 Å². The fourth-order valence-corrected chi connectivity index (χ4v) is 4.25. The van der Waals surface area contributed by atoms with Crippen LogP contribution in [-0.2, 0) is 26.2 Å². The van der Waals surface area contributed by atoms with Crippen LogP contribution in [0.15, 0.2) is 42.5 Å². The number of nitrogens with zero attached hydrogens (tertiary/aromatic N) is 2. The smallest absolute Gasteiger partial charge is 0.244 e. The van der Waals surface area contributed by atoms with Crippen molar-refractivity contribution in [3.05, 3.63) is 63.9 Å². The highest BCUT2D eigenvalue weighted by Crippen LogP contribution is 2.28. The molecule has 2 aromatic carbocycles. The molecular formula is C23H28Cl2FN3O4S. The van der Waals surface area contributed by atoms with E-state index >= 15 is 0 Å². The monoisotopic (exact) mass is 531 g/mol. The van der Waals surface area contributed by atoms with Crippen molar-refractivity contribution >= 4 is 50.7 Å². The van der Waals surface area contributed by atoms with Gasteiger partial charge >= 0.3 is 0 Å². The third-order valence-corrected chi connectivity index (χ3v) is 6.71. The molecule has 1 atom stereocenters. The van der Waals surface area contributed by atoms with Gasteiger partial charge in [0.15, 0.2) is 0 Å². The SMILES string of the molecule is C[C@@H](C(=O)NC(C)(C)C)N(Cc1ccccc1F)C(=O)CN(c1ccc(Cl)c(Cl)c1)S(C)(=O)=O. The zero-order valence-corrected chi connectivity index (χ0v) is 21.9. The molecule has 0 radical (unpaired) electrons. The van der Waals surface area contributed by atoms with Gasteiger partial charge in [0.25, 0.3) is 0 Å². The second-order valence-electron chi connectivity index (χ2n) is 8.90. The van der Waals surface area contributed by atoms with Crippen molar-refractivity contribution in [1.29, 1.82) is 0 Å². The molecule has 1 N–H and O–H groups in total. The number of carbonyl (C=O) groups is 2. The number of rotatable bonds is 8. The van der Waals surface area contributed by atoms with Gasteiger partial charge in [-0.25, -0.2) is 12.8 Å². The number of sulfonamides is 1. The molecule has 0 aliphatic carbocycles. The van der Waals surface area contributed by atoms with E-state index in [2.05, 4.69) is 5.32 Å². The van der Waals surface area contributed by atoms with E-state index in [4.69, 9.17) is 23.2 Å². The molecule has 34 heavy (non-hydrogen) atoms. The predicted octanol–water partition coefficient (Wildman–Crippen LogP) is 4.23. The summed E-state index contributed by atoms with van der Waals surface area (Å²) in [5, 5.41) is 3.13. The number of hydrogen-bond donors (Lipinski definition) is 1. The fourth-order valence-electron chi connectivity index (χ4n) is 3.12. The first-order valence-electron chi connectivity index (χ1n) is 10.4. The van der Waals surface area contributed by atoms with Crippen LogP contribution in [0.25, 0.3) is 0 Å². The van der Waals surface area contributed by atoms with Crippen LogP contribution in [0, 0.1) is 5.82 Å². The molecule has 0 bridgehead atoms. The van der Waals surface area contributed by atoms with E-state index in [1.54, 1.807) is 26.8 Å². The Morgan fingerprint density at radius 2 is 1.71 bits per heavy atom. The maximum absolute atomic E-state index is 14.4. The fraction of sp³-hybridized carbons (Fsp3) is 0.391. The molecule has 7 nitrogen and oxygen atoms in total. The standard InChI is InChI=1S/C23H28Cl2FN3O4S/c1-15(22(31)27-23(2,3)4)28(13-16-8-6-7-9-20(16)26)21(30)14-29(34(5,32)33)17-10-11-18(24)19(25)12-17/h6-12,15H,13-14H2,1-5H3,(H,27,31)/t15-/m0/s1. The molecule has 2 rings (SSSR count). The summed E-state index contributed by atoms with van der Waals surface area (Å²) >= 11 is 12.0. The summed E-state index contributed by atoms with van der Waals surface area (Å²) in [7, 11) is -3.92. The van der Waals surface area contributed by atoms with Crippen molar-refractivity contribution in [2.75, 3.05) is 17.1 Å². The number of carbonyl (C=O) groups excluding carboxylic acids is 2. The van der Waals surface area contributed by atoms with E-state index in [-0.39, 0.29) is 27.8 Å². The second kappa shape index (κ2) is 10.9. The first-order chi connectivity index (χ1) is 15.6. The van der Waals surface area contributed by atoms with Crippen LogP contribution in [-0.4, -0.2) is 49.5 Å². The Balaban J connectivity index is 2.44. The minimum atomic E-state index is -3.92. The van der Waals surface area contributed by atoms with Gasteiger partial charge in [-0.05, 0) is 52.0 Å². The Kier molecular flexibility index (Phi) is 8.96. The molecule has 2 aromatic rings. The highest BCUT2D eigenvalue weighted by Gasteiger charge is 2.32. The average Bonchev–Trinajstić information content (AvgIpc) is 2.70. The van der Waals surface area contributed by atoms with E-state index in [1.807, 2.05) is 0 Å². The summed E-state index contributed by atoms with van der Waals surface area (Å²) in [6, 6.07) is 9.01. The van der Waals surface area contributed by atoms with Gasteiger partial charge in [0.1, 0.15) is 18.4 Å². The number of hydrogen-bond acceptors (Lipinski definition) is 4. The number of halogens is 3. The molecular weight excluding hydrogens is 504 g/mol. The van der Waals surface area contributed by atoms with Crippen molar-refractivity contribution in [2.45, 2.75) is 45.8 Å². The summed E-state index contributed by atoms with van der Waals surface area (Å²) in [6.07, 6.45) is 0.944. The molecule has 0 heterocycles. The number of anilines is 1. The Hall–Kier alpha value is -2.36. The lowest BCUT2D eigenvalue weighted by Crippen LogP contribution is -2.54. The Labute approximate surface area is 209 Å². The van der Waals surface area contributed by atoms with Gasteiger partial charge in [-0.3, -0.25) is 13.9 Å². The highest BCUT2D eigenvalue weighted by molar-refractivity contribution is 7.92. The topological polar surface area (TPSA) is 86.8 Å². The van der Waals surface area contributed by atoms with Crippen LogP contribution in [0.5, 0.6) is 0 Å². The zero-order valence-electron chi connectivity index (χ0n) is 19.6. The number of amides is 2. The molecule has 0 saturated heterocycles. The van der Waals surface area contributed by atoms with Crippen LogP contribution in [0.4, 0.5) is 10.1 Å². The summed E-state index contributed by atoms with van der Waals surface area (Å²) in [5.41, 5.74) is -0.258. The van der Waals surface area contributed by atoms with E-state index in [0.29, 0.717) is 0 Å². The largest absolute Gasteiger partial charge is 0.350 e. The van der Waals surface area contributed by atoms with E-state index in [1.165, 1.54) is 43.3 Å². The van der Waals surface area contributed by atoms with E-state index in [0.717, 1.165) is 15.5 Å². The van der Waals surface area contributed by atoms with Crippen LogP contribution >= 0.6 is 23.2 Å². The molecule has 0 aliphatic heterocycles. The highest BCUT2D eigenvalue weighted by atomic mass is 35.5. The van der Waals surface area contributed by atoms with Gasteiger partial charge in [-0.2, -0.15) is 0 Å². The molecule has 0 unspecified atom stereocenters. The van der Waals surface area contributed by atoms with Gasteiger partial charge in [0.2, 0.25) is 21.8 Å². The molecule has 0 spiro atoms.